The molecule has 19 heavy (non-hydrogen) atoms. The van der Waals surface area contributed by atoms with Gasteiger partial charge in [-0.15, -0.1) is 0 Å². The molecule has 0 amide bonds. The Labute approximate surface area is 119 Å². The Hall–Kier alpha value is -1.63. The largest absolute Gasteiger partial charge is 0.464 e. The lowest BCUT2D eigenvalue weighted by Crippen LogP contribution is -2.42. The summed E-state index contributed by atoms with van der Waals surface area (Å²) in [5.74, 6) is -0.665. The lowest BCUT2D eigenvalue weighted by Gasteiger charge is -2.18. The molecule has 0 saturated carbocycles. The number of anilines is 1. The van der Waals surface area contributed by atoms with E-state index in [9.17, 15) is 14.9 Å². The molecule has 104 valence electrons. The number of carbonyl (C=O) groups excluding carboxylic acids is 1. The molecular formula is C12H15BrN2O4. The average molecular weight is 331 g/mol. The molecular weight excluding hydrogens is 316 g/mol. The van der Waals surface area contributed by atoms with Crippen molar-refractivity contribution in [1.82, 2.24) is 0 Å². The van der Waals surface area contributed by atoms with E-state index in [0.717, 1.165) is 5.56 Å². The standard InChI is InChI=1S/C12H15BrN2O4/c1-3-19-12(16)10(11(13)15(17)18)14-9-6-4-8(2)5-7-9/h4-7,10-11,14H,3H2,1-2H3. The van der Waals surface area contributed by atoms with Crippen LogP contribution < -0.4 is 5.32 Å². The van der Waals surface area contributed by atoms with Gasteiger partial charge in [0.15, 0.2) is 0 Å². The van der Waals surface area contributed by atoms with Gasteiger partial charge in [0.25, 0.3) is 4.95 Å². The molecule has 2 unspecified atom stereocenters. The number of nitro groups is 1. The van der Waals surface area contributed by atoms with Gasteiger partial charge in [-0.3, -0.25) is 10.1 Å². The summed E-state index contributed by atoms with van der Waals surface area (Å²) in [7, 11) is 0. The summed E-state index contributed by atoms with van der Waals surface area (Å²) < 4.78 is 4.84. The number of esters is 1. The van der Waals surface area contributed by atoms with Crippen molar-refractivity contribution in [2.75, 3.05) is 11.9 Å². The van der Waals surface area contributed by atoms with Gasteiger partial charge in [0, 0.05) is 10.6 Å². The van der Waals surface area contributed by atoms with E-state index >= 15 is 0 Å². The van der Waals surface area contributed by atoms with Crippen molar-refractivity contribution in [1.29, 1.82) is 0 Å². The molecule has 0 radical (unpaired) electrons. The Morgan fingerprint density at radius 3 is 2.53 bits per heavy atom. The zero-order valence-electron chi connectivity index (χ0n) is 10.6. The summed E-state index contributed by atoms with van der Waals surface area (Å²) >= 11 is 2.89. The van der Waals surface area contributed by atoms with Crippen molar-refractivity contribution in [3.05, 3.63) is 39.9 Å². The van der Waals surface area contributed by atoms with Crippen LogP contribution in [0, 0.1) is 17.0 Å². The monoisotopic (exact) mass is 330 g/mol. The number of benzene rings is 1. The molecule has 6 nitrogen and oxygen atoms in total. The number of nitrogens with one attached hydrogen (secondary N) is 1. The van der Waals surface area contributed by atoms with Gasteiger partial charge in [-0.05, 0) is 41.9 Å². The van der Waals surface area contributed by atoms with Crippen LogP contribution in [-0.2, 0) is 9.53 Å². The number of hydrogen-bond acceptors (Lipinski definition) is 5. The second kappa shape index (κ2) is 7.08. The number of rotatable bonds is 6. The molecule has 0 aromatic heterocycles. The van der Waals surface area contributed by atoms with E-state index in [1.165, 1.54) is 0 Å². The third-order valence-corrected chi connectivity index (χ3v) is 3.25. The molecule has 1 aromatic carbocycles. The van der Waals surface area contributed by atoms with Gasteiger partial charge in [0.2, 0.25) is 6.04 Å². The van der Waals surface area contributed by atoms with Crippen molar-refractivity contribution in [2.24, 2.45) is 0 Å². The highest BCUT2D eigenvalue weighted by molar-refractivity contribution is 9.09. The summed E-state index contributed by atoms with van der Waals surface area (Å²) in [6, 6.07) is 6.11. The zero-order chi connectivity index (χ0) is 14.4. The highest BCUT2D eigenvalue weighted by Crippen LogP contribution is 2.16. The molecule has 1 N–H and O–H groups in total. The normalized spacial score (nSPS) is 13.4. The smallest absolute Gasteiger partial charge is 0.336 e. The SMILES string of the molecule is CCOC(=O)C(Nc1ccc(C)cc1)C(Br)[N+](=O)[O-]. The molecule has 0 spiro atoms. The Morgan fingerprint density at radius 1 is 1.47 bits per heavy atom. The third-order valence-electron chi connectivity index (χ3n) is 2.39. The molecule has 7 heteroatoms. The molecule has 0 bridgehead atoms. The van der Waals surface area contributed by atoms with E-state index in [-0.39, 0.29) is 6.61 Å². The number of aryl methyl sites for hydroxylation is 1. The first kappa shape index (κ1) is 15.4. The number of nitrogens with zero attached hydrogens (tertiary/aromatic N) is 1. The number of halogens is 1. The van der Waals surface area contributed by atoms with E-state index in [4.69, 9.17) is 4.74 Å². The van der Waals surface area contributed by atoms with Crippen molar-refractivity contribution >= 4 is 27.6 Å². The fourth-order valence-electron chi connectivity index (χ4n) is 1.42. The van der Waals surface area contributed by atoms with E-state index in [1.54, 1.807) is 19.1 Å². The van der Waals surface area contributed by atoms with Gasteiger partial charge < -0.3 is 10.1 Å². The minimum absolute atomic E-state index is 0.169. The summed E-state index contributed by atoms with van der Waals surface area (Å²) in [5.41, 5.74) is 1.68. The predicted octanol–water partition coefficient (Wildman–Crippen LogP) is 2.34. The van der Waals surface area contributed by atoms with E-state index in [2.05, 4.69) is 21.2 Å². The fourth-order valence-corrected chi connectivity index (χ4v) is 1.77. The Bertz CT molecular complexity index is 450. The molecule has 0 aliphatic rings. The summed E-state index contributed by atoms with van der Waals surface area (Å²) in [6.45, 7) is 3.75. The van der Waals surface area contributed by atoms with Crippen LogP contribution in [0.3, 0.4) is 0 Å². The minimum atomic E-state index is -1.26. The molecule has 0 aliphatic carbocycles. The molecule has 0 fully saturated rings. The number of carbonyl (C=O) groups is 1. The fraction of sp³-hybridized carbons (Fsp3) is 0.417. The van der Waals surface area contributed by atoms with Crippen molar-refractivity contribution in [2.45, 2.75) is 24.8 Å². The molecule has 0 saturated heterocycles. The van der Waals surface area contributed by atoms with Gasteiger partial charge in [-0.25, -0.2) is 4.79 Å². The maximum absolute atomic E-state index is 11.7. The van der Waals surface area contributed by atoms with Crippen LogP contribution in [0.1, 0.15) is 12.5 Å². The number of ether oxygens (including phenoxy) is 1. The van der Waals surface area contributed by atoms with E-state index in [0.29, 0.717) is 5.69 Å². The van der Waals surface area contributed by atoms with Crippen LogP contribution in [0.25, 0.3) is 0 Å². The molecule has 0 aliphatic heterocycles. The van der Waals surface area contributed by atoms with Crippen LogP contribution in [0.5, 0.6) is 0 Å². The van der Waals surface area contributed by atoms with Crippen molar-refractivity contribution < 1.29 is 14.5 Å². The van der Waals surface area contributed by atoms with Gasteiger partial charge in [-0.2, -0.15) is 0 Å². The summed E-state index contributed by atoms with van der Waals surface area (Å²) in [5, 5.41) is 13.6. The van der Waals surface area contributed by atoms with Crippen LogP contribution in [-0.4, -0.2) is 28.5 Å². The molecule has 0 heterocycles. The van der Waals surface area contributed by atoms with Gasteiger partial charge in [-0.1, -0.05) is 17.7 Å². The Morgan fingerprint density at radius 2 is 2.05 bits per heavy atom. The van der Waals surface area contributed by atoms with Gasteiger partial charge >= 0.3 is 5.97 Å². The van der Waals surface area contributed by atoms with Crippen LogP contribution in [0.4, 0.5) is 5.69 Å². The Balaban J connectivity index is 2.87. The maximum atomic E-state index is 11.7. The van der Waals surface area contributed by atoms with Gasteiger partial charge in [0.1, 0.15) is 0 Å². The molecule has 1 aromatic rings. The lowest BCUT2D eigenvalue weighted by molar-refractivity contribution is -0.493. The quantitative estimate of drug-likeness (QED) is 0.284. The van der Waals surface area contributed by atoms with Crippen LogP contribution in [0.15, 0.2) is 24.3 Å². The summed E-state index contributed by atoms with van der Waals surface area (Å²) in [4.78, 5) is 20.7. The lowest BCUT2D eigenvalue weighted by atomic mass is 10.2. The van der Waals surface area contributed by atoms with Crippen molar-refractivity contribution in [3.63, 3.8) is 0 Å². The molecule has 2 atom stereocenters. The number of alkyl halides is 1. The first-order valence-corrected chi connectivity index (χ1v) is 6.64. The van der Waals surface area contributed by atoms with Gasteiger partial charge in [0.05, 0.1) is 6.61 Å². The first-order valence-electron chi connectivity index (χ1n) is 5.73. The zero-order valence-corrected chi connectivity index (χ0v) is 12.2. The topological polar surface area (TPSA) is 81.5 Å². The number of hydrogen-bond donors (Lipinski definition) is 1. The van der Waals surface area contributed by atoms with Crippen molar-refractivity contribution in [3.8, 4) is 0 Å². The second-order valence-corrected chi connectivity index (χ2v) is 4.84. The highest BCUT2D eigenvalue weighted by Gasteiger charge is 2.36. The van der Waals surface area contributed by atoms with Crippen LogP contribution >= 0.6 is 15.9 Å². The first-order chi connectivity index (χ1) is 8.95. The second-order valence-electron chi connectivity index (χ2n) is 3.90. The highest BCUT2D eigenvalue weighted by atomic mass is 79.9. The average Bonchev–Trinajstić information content (AvgIpc) is 2.37. The molecule has 1 rings (SSSR count). The minimum Gasteiger partial charge on any atom is -0.464 e. The maximum Gasteiger partial charge on any atom is 0.336 e. The predicted molar refractivity (Wildman–Crippen MR) is 74.9 cm³/mol. The van der Waals surface area contributed by atoms with E-state index in [1.807, 2.05) is 19.1 Å². The van der Waals surface area contributed by atoms with Crippen LogP contribution in [0.2, 0.25) is 0 Å². The summed E-state index contributed by atoms with van der Waals surface area (Å²) in [6.07, 6.45) is 0. The Kier molecular flexibility index (Phi) is 5.75. The third kappa shape index (κ3) is 4.51. The van der Waals surface area contributed by atoms with E-state index < -0.39 is 21.9 Å².